The summed E-state index contributed by atoms with van der Waals surface area (Å²) in [4.78, 5) is 16.9. The minimum Gasteiger partial charge on any atom is -0.478 e. The minimum absolute atomic E-state index is 0.106. The van der Waals surface area contributed by atoms with E-state index in [2.05, 4.69) is 4.98 Å². The molecule has 0 aliphatic carbocycles. The molecule has 1 heterocycles. The normalized spacial score (nSPS) is 10.3. The van der Waals surface area contributed by atoms with E-state index in [0.29, 0.717) is 16.9 Å². The van der Waals surface area contributed by atoms with Crippen LogP contribution in [0.15, 0.2) is 36.5 Å². The van der Waals surface area contributed by atoms with Crippen molar-refractivity contribution in [3.05, 3.63) is 59.2 Å². The third kappa shape index (κ3) is 2.93. The quantitative estimate of drug-likeness (QED) is 0.931. The third-order valence-electron chi connectivity index (χ3n) is 3.03. The molecule has 0 fully saturated rings. The molecule has 5 heteroatoms. The second-order valence-corrected chi connectivity index (χ2v) is 4.60. The highest BCUT2D eigenvalue weighted by Gasteiger charge is 2.15. The number of halogens is 1. The molecule has 0 aliphatic heterocycles. The van der Waals surface area contributed by atoms with Crippen molar-refractivity contribution in [3.63, 3.8) is 0 Å². The maximum atomic E-state index is 13.6. The van der Waals surface area contributed by atoms with Gasteiger partial charge in [-0.1, -0.05) is 18.2 Å². The maximum Gasteiger partial charge on any atom is 0.339 e. The zero-order chi connectivity index (χ0) is 14.7. The average Bonchev–Trinajstić information content (AvgIpc) is 2.40. The van der Waals surface area contributed by atoms with Crippen LogP contribution in [-0.4, -0.2) is 23.1 Å². The molecule has 2 aromatic rings. The van der Waals surface area contributed by atoms with E-state index >= 15 is 0 Å². The van der Waals surface area contributed by atoms with E-state index in [0.717, 1.165) is 0 Å². The summed E-state index contributed by atoms with van der Waals surface area (Å²) in [6.07, 6.45) is 1.32. The molecule has 1 aromatic heterocycles. The van der Waals surface area contributed by atoms with Gasteiger partial charge in [0.05, 0.1) is 5.69 Å². The molecule has 0 unspecified atom stereocenters. The van der Waals surface area contributed by atoms with Gasteiger partial charge in [-0.15, -0.1) is 0 Å². The van der Waals surface area contributed by atoms with Gasteiger partial charge in [0.2, 0.25) is 0 Å². The van der Waals surface area contributed by atoms with Crippen molar-refractivity contribution in [2.24, 2.45) is 0 Å². The van der Waals surface area contributed by atoms with Crippen LogP contribution in [0.3, 0.4) is 0 Å². The van der Waals surface area contributed by atoms with Crippen molar-refractivity contribution in [1.29, 1.82) is 0 Å². The number of benzene rings is 1. The zero-order valence-corrected chi connectivity index (χ0v) is 11.3. The summed E-state index contributed by atoms with van der Waals surface area (Å²) in [6.45, 7) is 2.07. The molecule has 0 saturated carbocycles. The molecule has 0 atom stereocenters. The Hall–Kier alpha value is -2.43. The van der Waals surface area contributed by atoms with Gasteiger partial charge in [0.25, 0.3) is 0 Å². The molecule has 0 amide bonds. The van der Waals surface area contributed by atoms with Crippen LogP contribution in [0.1, 0.15) is 21.6 Å². The van der Waals surface area contributed by atoms with Crippen LogP contribution in [0, 0.1) is 12.7 Å². The topological polar surface area (TPSA) is 53.4 Å². The first-order valence-corrected chi connectivity index (χ1v) is 6.13. The van der Waals surface area contributed by atoms with Gasteiger partial charge in [0.1, 0.15) is 11.4 Å². The fourth-order valence-electron chi connectivity index (χ4n) is 1.99. The Morgan fingerprint density at radius 3 is 2.75 bits per heavy atom. The van der Waals surface area contributed by atoms with Crippen molar-refractivity contribution in [2.45, 2.75) is 13.5 Å². The SMILES string of the molecule is Cc1cc(N(C)Cc2ccccc2F)c(C(=O)O)cn1. The van der Waals surface area contributed by atoms with Crippen molar-refractivity contribution >= 4 is 11.7 Å². The van der Waals surface area contributed by atoms with Crippen LogP contribution in [0.25, 0.3) is 0 Å². The van der Waals surface area contributed by atoms with Gasteiger partial charge in [-0.25, -0.2) is 9.18 Å². The number of aromatic nitrogens is 1. The molecule has 1 N–H and O–H groups in total. The van der Waals surface area contributed by atoms with Crippen LogP contribution in [0.5, 0.6) is 0 Å². The molecule has 0 radical (unpaired) electrons. The molecular weight excluding hydrogens is 259 g/mol. The summed E-state index contributed by atoms with van der Waals surface area (Å²) in [5.74, 6) is -1.35. The number of carboxylic acid groups (broad SMARTS) is 1. The van der Waals surface area contributed by atoms with Gasteiger partial charge < -0.3 is 10.0 Å². The van der Waals surface area contributed by atoms with E-state index in [4.69, 9.17) is 0 Å². The number of hydrogen-bond acceptors (Lipinski definition) is 3. The van der Waals surface area contributed by atoms with E-state index in [9.17, 15) is 14.3 Å². The van der Waals surface area contributed by atoms with Crippen LogP contribution >= 0.6 is 0 Å². The first-order valence-electron chi connectivity index (χ1n) is 6.13. The Balaban J connectivity index is 2.34. The standard InChI is InChI=1S/C15H15FN2O2/c1-10-7-14(12(8-17-10)15(19)20)18(2)9-11-5-3-4-6-13(11)16/h3-8H,9H2,1-2H3,(H,19,20). The lowest BCUT2D eigenvalue weighted by atomic mass is 10.1. The maximum absolute atomic E-state index is 13.6. The Kier molecular flexibility index (Phi) is 3.98. The summed E-state index contributed by atoms with van der Waals surface area (Å²) >= 11 is 0. The molecule has 0 saturated heterocycles. The van der Waals surface area contributed by atoms with Crippen molar-refractivity contribution in [1.82, 2.24) is 4.98 Å². The number of pyridine rings is 1. The molecule has 1 aromatic carbocycles. The largest absolute Gasteiger partial charge is 0.478 e. The highest BCUT2D eigenvalue weighted by Crippen LogP contribution is 2.22. The summed E-state index contributed by atoms with van der Waals surface area (Å²) in [6, 6.07) is 8.13. The van der Waals surface area contributed by atoms with E-state index in [1.165, 1.54) is 12.3 Å². The summed E-state index contributed by atoms with van der Waals surface area (Å²) in [5.41, 5.74) is 1.86. The van der Waals surface area contributed by atoms with Crippen LogP contribution in [0.2, 0.25) is 0 Å². The molecule has 0 aliphatic rings. The van der Waals surface area contributed by atoms with Gasteiger partial charge >= 0.3 is 5.97 Å². The van der Waals surface area contributed by atoms with Crippen LogP contribution in [0.4, 0.5) is 10.1 Å². The van der Waals surface area contributed by atoms with Crippen molar-refractivity contribution in [3.8, 4) is 0 Å². The number of anilines is 1. The van der Waals surface area contributed by atoms with E-state index in [1.807, 2.05) is 0 Å². The molecule has 0 bridgehead atoms. The molecule has 104 valence electrons. The Morgan fingerprint density at radius 1 is 1.40 bits per heavy atom. The van der Waals surface area contributed by atoms with Gasteiger partial charge in [-0.2, -0.15) is 0 Å². The van der Waals surface area contributed by atoms with E-state index in [1.54, 1.807) is 43.1 Å². The predicted molar refractivity (Wildman–Crippen MR) is 74.4 cm³/mol. The number of carbonyl (C=O) groups is 1. The smallest absolute Gasteiger partial charge is 0.339 e. The lowest BCUT2D eigenvalue weighted by molar-refractivity contribution is 0.0697. The molecule has 4 nitrogen and oxygen atoms in total. The minimum atomic E-state index is -1.05. The van der Waals surface area contributed by atoms with E-state index in [-0.39, 0.29) is 17.9 Å². The third-order valence-corrected chi connectivity index (χ3v) is 3.03. The summed E-state index contributed by atoms with van der Waals surface area (Å²) in [7, 11) is 1.73. The second kappa shape index (κ2) is 5.69. The van der Waals surface area contributed by atoms with Crippen LogP contribution < -0.4 is 4.90 Å². The first-order chi connectivity index (χ1) is 9.49. The Bertz CT molecular complexity index is 644. The molecule has 2 rings (SSSR count). The highest BCUT2D eigenvalue weighted by atomic mass is 19.1. The first kappa shape index (κ1) is 14.0. The molecular formula is C15H15FN2O2. The lowest BCUT2D eigenvalue weighted by Gasteiger charge is -2.21. The van der Waals surface area contributed by atoms with Gasteiger partial charge in [0.15, 0.2) is 0 Å². The number of aromatic carboxylic acids is 1. The number of hydrogen-bond donors (Lipinski definition) is 1. The van der Waals surface area contributed by atoms with Gasteiger partial charge in [-0.05, 0) is 19.1 Å². The second-order valence-electron chi connectivity index (χ2n) is 4.60. The molecule has 0 spiro atoms. The van der Waals surface area contributed by atoms with Gasteiger partial charge in [-0.3, -0.25) is 4.98 Å². The fraction of sp³-hybridized carbons (Fsp3) is 0.200. The van der Waals surface area contributed by atoms with Crippen LogP contribution in [-0.2, 0) is 6.54 Å². The monoisotopic (exact) mass is 274 g/mol. The average molecular weight is 274 g/mol. The van der Waals surface area contributed by atoms with Crippen molar-refractivity contribution < 1.29 is 14.3 Å². The van der Waals surface area contributed by atoms with E-state index < -0.39 is 5.97 Å². The Morgan fingerprint density at radius 2 is 2.10 bits per heavy atom. The lowest BCUT2D eigenvalue weighted by Crippen LogP contribution is -2.20. The highest BCUT2D eigenvalue weighted by molar-refractivity contribution is 5.94. The molecule has 20 heavy (non-hydrogen) atoms. The zero-order valence-electron chi connectivity index (χ0n) is 11.3. The van der Waals surface area contributed by atoms with Gasteiger partial charge in [0, 0.05) is 31.0 Å². The predicted octanol–water partition coefficient (Wildman–Crippen LogP) is 2.86. The summed E-state index contributed by atoms with van der Waals surface area (Å²) in [5, 5.41) is 9.19. The number of rotatable bonds is 4. The number of carboxylic acids is 1. The van der Waals surface area contributed by atoms with Crippen molar-refractivity contribution in [2.75, 3.05) is 11.9 Å². The summed E-state index contributed by atoms with van der Waals surface area (Å²) < 4.78 is 13.6. The number of aryl methyl sites for hydroxylation is 1. The number of nitrogens with zero attached hydrogens (tertiary/aromatic N) is 2. The fourth-order valence-corrected chi connectivity index (χ4v) is 1.99. The Labute approximate surface area is 116 Å².